The van der Waals surface area contributed by atoms with Crippen molar-refractivity contribution in [2.24, 2.45) is 0 Å². The number of carbonyl (C=O) groups excluding carboxylic acids is 2. The van der Waals surface area contributed by atoms with Crippen LogP contribution in [0.1, 0.15) is 62.3 Å². The van der Waals surface area contributed by atoms with Crippen molar-refractivity contribution in [2.45, 2.75) is 37.5 Å². The predicted molar refractivity (Wildman–Crippen MR) is 91.3 cm³/mol. The van der Waals surface area contributed by atoms with Gasteiger partial charge in [0.2, 0.25) is 5.91 Å². The first kappa shape index (κ1) is 14.0. The molecule has 0 N–H and O–H groups in total. The molecule has 2 amide bonds. The number of hydrogen-bond donors (Lipinski definition) is 0. The molecule has 0 aromatic heterocycles. The van der Waals surface area contributed by atoms with E-state index in [-0.39, 0.29) is 23.7 Å². The van der Waals surface area contributed by atoms with Gasteiger partial charge >= 0.3 is 0 Å². The number of aryl methyl sites for hydroxylation is 1. The van der Waals surface area contributed by atoms with Gasteiger partial charge in [0.25, 0.3) is 5.91 Å². The lowest BCUT2D eigenvalue weighted by Gasteiger charge is -2.46. The smallest absolute Gasteiger partial charge is 0.260 e. The zero-order valence-electron chi connectivity index (χ0n) is 13.9. The molecule has 0 fully saturated rings. The largest absolute Gasteiger partial charge is 0.281 e. The average Bonchev–Trinajstić information content (AvgIpc) is 2.58. The van der Waals surface area contributed by atoms with Crippen LogP contribution in [0.2, 0.25) is 0 Å². The third kappa shape index (κ3) is 1.62. The third-order valence-corrected chi connectivity index (χ3v) is 6.13. The van der Waals surface area contributed by atoms with Crippen LogP contribution in [0.3, 0.4) is 0 Å². The highest BCUT2D eigenvalue weighted by Crippen LogP contribution is 2.55. The molecule has 1 aliphatic heterocycles. The van der Waals surface area contributed by atoms with E-state index in [1.165, 1.54) is 27.2 Å². The summed E-state index contributed by atoms with van der Waals surface area (Å²) in [6.07, 6.45) is 2.01. The van der Waals surface area contributed by atoms with Crippen molar-refractivity contribution < 1.29 is 9.59 Å². The van der Waals surface area contributed by atoms with Crippen molar-refractivity contribution in [1.82, 2.24) is 4.90 Å². The molecule has 5 rings (SSSR count). The lowest BCUT2D eigenvalue weighted by molar-refractivity contribution is -0.130. The van der Waals surface area contributed by atoms with Gasteiger partial charge in [-0.2, -0.15) is 0 Å². The van der Waals surface area contributed by atoms with Crippen LogP contribution in [0.15, 0.2) is 36.4 Å². The van der Waals surface area contributed by atoms with Crippen LogP contribution in [0.4, 0.5) is 0 Å². The van der Waals surface area contributed by atoms with Crippen molar-refractivity contribution in [3.05, 3.63) is 69.8 Å². The molecule has 3 heteroatoms. The second-order valence-corrected chi connectivity index (χ2v) is 7.43. The molecule has 2 aromatic carbocycles. The maximum atomic E-state index is 13.0. The number of benzene rings is 2. The number of nitrogens with zero attached hydrogens (tertiary/aromatic N) is 1. The minimum Gasteiger partial charge on any atom is -0.281 e. The molecule has 120 valence electrons. The first-order chi connectivity index (χ1) is 11.6. The zero-order chi connectivity index (χ0) is 16.6. The number of rotatable bonds is 0. The second kappa shape index (κ2) is 4.56. The molecule has 2 aliphatic carbocycles. The highest BCUT2D eigenvalue weighted by molar-refractivity contribution is 6.12. The Morgan fingerprint density at radius 3 is 2.75 bits per heavy atom. The van der Waals surface area contributed by atoms with E-state index in [9.17, 15) is 9.59 Å². The normalized spacial score (nSPS) is 26.9. The van der Waals surface area contributed by atoms with Gasteiger partial charge < -0.3 is 0 Å². The van der Waals surface area contributed by atoms with Gasteiger partial charge in [0.1, 0.15) is 0 Å². The van der Waals surface area contributed by atoms with Crippen molar-refractivity contribution in [1.29, 1.82) is 0 Å². The highest BCUT2D eigenvalue weighted by Gasteiger charge is 2.49. The molecule has 2 aromatic rings. The quantitative estimate of drug-likeness (QED) is 0.697. The molecule has 0 radical (unpaired) electrons. The Labute approximate surface area is 141 Å². The predicted octanol–water partition coefficient (Wildman–Crippen LogP) is 3.52. The van der Waals surface area contributed by atoms with Crippen LogP contribution in [-0.2, 0) is 11.2 Å². The van der Waals surface area contributed by atoms with E-state index in [4.69, 9.17) is 0 Å². The fraction of sp³-hybridized carbons (Fsp3) is 0.333. The number of hydrogen-bond acceptors (Lipinski definition) is 2. The maximum Gasteiger partial charge on any atom is 0.260 e. The van der Waals surface area contributed by atoms with Gasteiger partial charge in [-0.3, -0.25) is 14.5 Å². The fourth-order valence-corrected chi connectivity index (χ4v) is 5.07. The molecule has 0 unspecified atom stereocenters. The summed E-state index contributed by atoms with van der Waals surface area (Å²) in [4.78, 5) is 26.9. The molecular formula is C21H19NO2. The lowest BCUT2D eigenvalue weighted by Crippen LogP contribution is -2.47. The first-order valence-corrected chi connectivity index (χ1v) is 8.60. The van der Waals surface area contributed by atoms with Gasteiger partial charge in [-0.15, -0.1) is 0 Å². The van der Waals surface area contributed by atoms with Crippen LogP contribution in [0, 0.1) is 6.92 Å². The number of carbonyl (C=O) groups is 2. The topological polar surface area (TPSA) is 37.4 Å². The van der Waals surface area contributed by atoms with Gasteiger partial charge in [-0.1, -0.05) is 35.9 Å². The zero-order valence-corrected chi connectivity index (χ0v) is 13.9. The molecule has 3 aliphatic rings. The Morgan fingerprint density at radius 1 is 1.08 bits per heavy atom. The molecule has 24 heavy (non-hydrogen) atoms. The Bertz CT molecular complexity index is 914. The van der Waals surface area contributed by atoms with Gasteiger partial charge in [-0.05, 0) is 54.0 Å². The van der Waals surface area contributed by atoms with Crippen LogP contribution in [-0.4, -0.2) is 23.8 Å². The summed E-state index contributed by atoms with van der Waals surface area (Å²) in [6.45, 7) is 2.12. The van der Waals surface area contributed by atoms with E-state index < -0.39 is 0 Å². The van der Waals surface area contributed by atoms with E-state index in [1.54, 1.807) is 7.05 Å². The summed E-state index contributed by atoms with van der Waals surface area (Å²) in [5, 5.41) is 0. The number of fused-ring (bicyclic) bond motifs is 6. The number of likely N-dealkylation sites (N-methyl/N-ethyl adjacent to an activating group) is 1. The summed E-state index contributed by atoms with van der Waals surface area (Å²) < 4.78 is 0. The van der Waals surface area contributed by atoms with Gasteiger partial charge in [0.15, 0.2) is 0 Å². The minimum absolute atomic E-state index is 0.0446. The van der Waals surface area contributed by atoms with Gasteiger partial charge in [-0.25, -0.2) is 0 Å². The number of imide groups is 1. The first-order valence-electron chi connectivity index (χ1n) is 8.60. The highest BCUT2D eigenvalue weighted by atomic mass is 16.2. The van der Waals surface area contributed by atoms with Gasteiger partial charge in [0, 0.05) is 18.5 Å². The lowest BCUT2D eigenvalue weighted by atomic mass is 9.60. The monoisotopic (exact) mass is 317 g/mol. The van der Waals surface area contributed by atoms with E-state index in [0.717, 1.165) is 24.0 Å². The summed E-state index contributed by atoms with van der Waals surface area (Å²) in [6, 6.07) is 12.6. The Kier molecular flexibility index (Phi) is 2.66. The Morgan fingerprint density at radius 2 is 1.92 bits per heavy atom. The summed E-state index contributed by atoms with van der Waals surface area (Å²) in [5.74, 6) is 0.196. The van der Waals surface area contributed by atoms with E-state index >= 15 is 0 Å². The van der Waals surface area contributed by atoms with Gasteiger partial charge in [0.05, 0.1) is 5.92 Å². The molecule has 0 saturated carbocycles. The van der Waals surface area contributed by atoms with Crippen LogP contribution >= 0.6 is 0 Å². The molecule has 1 heterocycles. The molecular weight excluding hydrogens is 298 g/mol. The standard InChI is InChI=1S/C21H19NO2/c1-11-6-7-14-12(8-11)9-13-10-17(14)19-18-15(13)4-3-5-16(18)20(23)22(2)21(19)24/h3-8,13,17,19H,9-10H2,1-2H3/t13-,17-,19+/m0/s1. The molecule has 2 bridgehead atoms. The molecule has 3 atom stereocenters. The maximum absolute atomic E-state index is 13.0. The summed E-state index contributed by atoms with van der Waals surface area (Å²) in [5.41, 5.74) is 6.90. The average molecular weight is 317 g/mol. The summed E-state index contributed by atoms with van der Waals surface area (Å²) >= 11 is 0. The van der Waals surface area contributed by atoms with E-state index in [1.807, 2.05) is 12.1 Å². The van der Waals surface area contributed by atoms with Crippen molar-refractivity contribution in [3.8, 4) is 0 Å². The molecule has 0 spiro atoms. The number of amides is 2. The summed E-state index contributed by atoms with van der Waals surface area (Å²) in [7, 11) is 1.62. The van der Waals surface area contributed by atoms with Crippen LogP contribution in [0.5, 0.6) is 0 Å². The molecule has 0 saturated heterocycles. The second-order valence-electron chi connectivity index (χ2n) is 7.43. The van der Waals surface area contributed by atoms with E-state index in [2.05, 4.69) is 31.2 Å². The third-order valence-electron chi connectivity index (χ3n) is 6.13. The van der Waals surface area contributed by atoms with E-state index in [0.29, 0.717) is 5.92 Å². The Hall–Kier alpha value is -2.42. The SMILES string of the molecule is Cc1ccc2c(c1)C[C@H]1C[C@@H]2[C@H]2C(=O)N(C)C(=O)c3cccc1c32. The van der Waals surface area contributed by atoms with Crippen molar-refractivity contribution in [2.75, 3.05) is 7.05 Å². The molecule has 3 nitrogen and oxygen atoms in total. The van der Waals surface area contributed by atoms with Crippen molar-refractivity contribution >= 4 is 11.8 Å². The fourth-order valence-electron chi connectivity index (χ4n) is 5.07. The van der Waals surface area contributed by atoms with Crippen LogP contribution < -0.4 is 0 Å². The van der Waals surface area contributed by atoms with Crippen LogP contribution in [0.25, 0.3) is 0 Å². The minimum atomic E-state index is -0.211. The van der Waals surface area contributed by atoms with Crippen molar-refractivity contribution in [3.63, 3.8) is 0 Å². The Balaban J connectivity index is 1.80.